The van der Waals surface area contributed by atoms with Gasteiger partial charge in [0.1, 0.15) is 11.6 Å². The van der Waals surface area contributed by atoms with Gasteiger partial charge in [-0.3, -0.25) is 0 Å². The average Bonchev–Trinajstić information content (AvgIpc) is 3.28. The Morgan fingerprint density at radius 3 is 2.68 bits per heavy atom. The summed E-state index contributed by atoms with van der Waals surface area (Å²) in [5.41, 5.74) is 3.56. The predicted octanol–water partition coefficient (Wildman–Crippen LogP) is 3.74. The van der Waals surface area contributed by atoms with E-state index in [1.54, 1.807) is 24.6 Å². The quantitative estimate of drug-likeness (QED) is 0.593. The number of aromatic nitrogens is 2. The Morgan fingerprint density at radius 2 is 2.04 bits per heavy atom. The van der Waals surface area contributed by atoms with Crippen molar-refractivity contribution in [1.29, 1.82) is 0 Å². The summed E-state index contributed by atoms with van der Waals surface area (Å²) in [4.78, 5) is 9.41. The molecular formula is C20H21N3O3S2. The smallest absolute Gasteiger partial charge is 0.229 e. The maximum atomic E-state index is 13.0. The Kier molecular flexibility index (Phi) is 5.29. The molecule has 0 aliphatic carbocycles. The molecule has 0 spiro atoms. The molecule has 6 nitrogen and oxygen atoms in total. The fraction of sp³-hybridized carbons (Fsp3) is 0.300. The van der Waals surface area contributed by atoms with Crippen LogP contribution in [0.1, 0.15) is 24.0 Å². The van der Waals surface area contributed by atoms with Gasteiger partial charge in [0.05, 0.1) is 31.6 Å². The van der Waals surface area contributed by atoms with Crippen LogP contribution in [0, 0.1) is 0 Å². The van der Waals surface area contributed by atoms with E-state index in [4.69, 9.17) is 9.72 Å². The van der Waals surface area contributed by atoms with Crippen LogP contribution >= 0.6 is 11.3 Å². The van der Waals surface area contributed by atoms with E-state index in [1.165, 1.54) is 15.6 Å². The SMILES string of the molecule is CCc1nc2c(c(-c3ccc(OC)cc3)n1)CN([S+](=O)([O-])c1cccs1)CC2. The van der Waals surface area contributed by atoms with Crippen LogP contribution in [-0.4, -0.2) is 32.5 Å². The highest BCUT2D eigenvalue weighted by atomic mass is 32.3. The van der Waals surface area contributed by atoms with E-state index in [2.05, 4.69) is 4.98 Å². The summed E-state index contributed by atoms with van der Waals surface area (Å²) in [5, 5.41) is 1.78. The van der Waals surface area contributed by atoms with Gasteiger partial charge >= 0.3 is 0 Å². The first-order chi connectivity index (χ1) is 13.5. The molecule has 1 unspecified atom stereocenters. The van der Waals surface area contributed by atoms with Crippen molar-refractivity contribution >= 4 is 21.7 Å². The molecule has 3 heterocycles. The number of nitrogens with zero attached hydrogens (tertiary/aromatic N) is 3. The van der Waals surface area contributed by atoms with Crippen molar-refractivity contribution in [2.45, 2.75) is 30.5 Å². The number of hydrogen-bond acceptors (Lipinski definition) is 6. The highest BCUT2D eigenvalue weighted by Crippen LogP contribution is 2.34. The van der Waals surface area contributed by atoms with E-state index in [0.717, 1.165) is 40.5 Å². The second kappa shape index (κ2) is 7.71. The molecule has 0 N–H and O–H groups in total. The Bertz CT molecular complexity index is 1020. The molecule has 8 heteroatoms. The van der Waals surface area contributed by atoms with Gasteiger partial charge in [-0.1, -0.05) is 22.5 Å². The minimum atomic E-state index is -3.51. The largest absolute Gasteiger partial charge is 0.592 e. The van der Waals surface area contributed by atoms with E-state index in [9.17, 15) is 8.76 Å². The Labute approximate surface area is 169 Å². The number of ether oxygens (including phenoxy) is 1. The van der Waals surface area contributed by atoms with E-state index in [0.29, 0.717) is 17.2 Å². The van der Waals surface area contributed by atoms with Crippen LogP contribution < -0.4 is 4.74 Å². The molecule has 0 saturated carbocycles. The number of benzene rings is 1. The third-order valence-corrected chi connectivity index (χ3v) is 8.06. The molecule has 0 radical (unpaired) electrons. The number of fused-ring (bicyclic) bond motifs is 1. The molecule has 146 valence electrons. The summed E-state index contributed by atoms with van der Waals surface area (Å²) in [6.07, 6.45) is 1.31. The highest BCUT2D eigenvalue weighted by Gasteiger charge is 2.36. The van der Waals surface area contributed by atoms with Gasteiger partial charge in [0.15, 0.2) is 10.4 Å². The first-order valence-corrected chi connectivity index (χ1v) is 11.4. The second-order valence-electron chi connectivity index (χ2n) is 6.52. The summed E-state index contributed by atoms with van der Waals surface area (Å²) in [5.74, 6) is 1.54. The summed E-state index contributed by atoms with van der Waals surface area (Å²) < 4.78 is 33.1. The van der Waals surface area contributed by atoms with Crippen molar-refractivity contribution in [1.82, 2.24) is 14.3 Å². The van der Waals surface area contributed by atoms with Gasteiger partial charge in [0.25, 0.3) is 0 Å². The molecule has 1 atom stereocenters. The molecule has 2 aromatic heterocycles. The maximum absolute atomic E-state index is 13.0. The zero-order chi connectivity index (χ0) is 19.7. The molecule has 1 aliphatic rings. The third-order valence-electron chi connectivity index (χ3n) is 4.84. The number of thiophene rings is 1. The summed E-state index contributed by atoms with van der Waals surface area (Å²) in [6, 6.07) is 11.1. The van der Waals surface area contributed by atoms with Crippen LogP contribution in [0.25, 0.3) is 11.3 Å². The Hall–Kier alpha value is -2.13. The zero-order valence-corrected chi connectivity index (χ0v) is 17.4. The first kappa shape index (κ1) is 19.2. The summed E-state index contributed by atoms with van der Waals surface area (Å²) in [6.45, 7) is 2.73. The molecule has 3 aromatic rings. The molecule has 0 bridgehead atoms. The molecule has 4 rings (SSSR count). The van der Waals surface area contributed by atoms with Crippen LogP contribution in [-0.2, 0) is 34.0 Å². The van der Waals surface area contributed by atoms with Crippen LogP contribution in [0.15, 0.2) is 46.0 Å². The van der Waals surface area contributed by atoms with Gasteiger partial charge in [0.2, 0.25) is 4.21 Å². The van der Waals surface area contributed by atoms with Gasteiger partial charge in [-0.2, -0.15) is 0 Å². The van der Waals surface area contributed by atoms with Gasteiger partial charge in [-0.15, -0.1) is 4.31 Å². The number of methoxy groups -OCH3 is 1. The highest BCUT2D eigenvalue weighted by molar-refractivity contribution is 7.97. The second-order valence-corrected chi connectivity index (χ2v) is 9.63. The van der Waals surface area contributed by atoms with E-state index >= 15 is 0 Å². The van der Waals surface area contributed by atoms with E-state index in [-0.39, 0.29) is 6.54 Å². The fourth-order valence-electron chi connectivity index (χ4n) is 3.33. The van der Waals surface area contributed by atoms with Gasteiger partial charge < -0.3 is 9.29 Å². The molecule has 1 aliphatic heterocycles. The van der Waals surface area contributed by atoms with Crippen molar-refractivity contribution in [3.05, 3.63) is 58.9 Å². The molecule has 0 amide bonds. The van der Waals surface area contributed by atoms with E-state index < -0.39 is 10.4 Å². The number of rotatable bonds is 5. The Balaban J connectivity index is 1.76. The predicted molar refractivity (Wildman–Crippen MR) is 109 cm³/mol. The molecular weight excluding hydrogens is 394 g/mol. The third kappa shape index (κ3) is 3.48. The molecule has 28 heavy (non-hydrogen) atoms. The maximum Gasteiger partial charge on any atom is 0.229 e. The number of aryl methyl sites for hydroxylation is 1. The molecule has 0 fully saturated rings. The topological polar surface area (TPSA) is 78.4 Å². The summed E-state index contributed by atoms with van der Waals surface area (Å²) >= 11 is 1.24. The monoisotopic (exact) mass is 415 g/mol. The van der Waals surface area contributed by atoms with Crippen LogP contribution in [0.4, 0.5) is 0 Å². The van der Waals surface area contributed by atoms with Crippen molar-refractivity contribution in [3.8, 4) is 17.0 Å². The average molecular weight is 416 g/mol. The standard InChI is InChI=1S/C20H21N3O3S2/c1-3-18-21-17-10-11-23(28(24,25)19-5-4-12-27-19)13-16(17)20(22-18)14-6-8-15(26-2)9-7-14/h4-9,12H,3,10-11,13H2,1-2H3. The van der Waals surface area contributed by atoms with Crippen LogP contribution in [0.5, 0.6) is 5.75 Å². The number of hydrogen-bond donors (Lipinski definition) is 0. The minimum Gasteiger partial charge on any atom is -0.592 e. The van der Waals surface area contributed by atoms with Gasteiger partial charge in [-0.05, 0) is 35.7 Å². The van der Waals surface area contributed by atoms with Crippen LogP contribution in [0.2, 0.25) is 0 Å². The van der Waals surface area contributed by atoms with E-state index in [1.807, 2.05) is 31.2 Å². The molecule has 1 aromatic carbocycles. The lowest BCUT2D eigenvalue weighted by atomic mass is 10.00. The normalized spacial score (nSPS) is 16.4. The Morgan fingerprint density at radius 1 is 1.25 bits per heavy atom. The molecule has 0 saturated heterocycles. The van der Waals surface area contributed by atoms with Crippen LogP contribution in [0.3, 0.4) is 0 Å². The van der Waals surface area contributed by atoms with Crippen molar-refractivity contribution < 1.29 is 13.5 Å². The first-order valence-electron chi connectivity index (χ1n) is 9.09. The minimum absolute atomic E-state index is 0.279. The lowest BCUT2D eigenvalue weighted by Crippen LogP contribution is -2.40. The zero-order valence-electron chi connectivity index (χ0n) is 15.8. The lowest BCUT2D eigenvalue weighted by molar-refractivity contribution is 0.338. The fourth-order valence-corrected chi connectivity index (χ4v) is 5.88. The van der Waals surface area contributed by atoms with Gasteiger partial charge in [-0.25, -0.2) is 9.97 Å². The summed E-state index contributed by atoms with van der Waals surface area (Å²) in [7, 11) is -1.88. The number of sulfonamides is 1. The van der Waals surface area contributed by atoms with Crippen molar-refractivity contribution in [2.24, 2.45) is 0 Å². The lowest BCUT2D eigenvalue weighted by Gasteiger charge is -2.31. The van der Waals surface area contributed by atoms with Crippen molar-refractivity contribution in [3.63, 3.8) is 0 Å². The van der Waals surface area contributed by atoms with Crippen molar-refractivity contribution in [2.75, 3.05) is 13.7 Å². The van der Waals surface area contributed by atoms with Gasteiger partial charge in [0, 0.05) is 30.0 Å².